The van der Waals surface area contributed by atoms with Crippen LogP contribution in [0.5, 0.6) is 0 Å². The molecule has 0 amide bonds. The molecule has 0 saturated carbocycles. The minimum Gasteiger partial charge on any atom is -0.232 e. The summed E-state index contributed by atoms with van der Waals surface area (Å²) in [6.07, 6.45) is 0.808. The Morgan fingerprint density at radius 1 is 0.889 bits per heavy atom. The lowest BCUT2D eigenvalue weighted by Crippen LogP contribution is -1.92. The molecule has 0 aliphatic carbocycles. The van der Waals surface area contributed by atoms with E-state index in [4.69, 9.17) is 0 Å². The fourth-order valence-electron chi connectivity index (χ4n) is 1.87. The van der Waals surface area contributed by atoms with Gasteiger partial charge in [0.05, 0.1) is 5.75 Å². The van der Waals surface area contributed by atoms with Gasteiger partial charge < -0.3 is 0 Å². The van der Waals surface area contributed by atoms with Crippen molar-refractivity contribution in [2.45, 2.75) is 12.2 Å². The lowest BCUT2D eigenvalue weighted by Gasteiger charge is -2.04. The Morgan fingerprint density at radius 2 is 1.50 bits per heavy atom. The first-order chi connectivity index (χ1) is 8.63. The minimum absolute atomic E-state index is 0.113. The lowest BCUT2D eigenvalue weighted by molar-refractivity contribution is 0.614. The molecule has 4 heteroatoms. The molecular weight excluding hydrogens is 312 g/mol. The molecule has 0 aliphatic rings. The lowest BCUT2D eigenvalue weighted by atomic mass is 10.0. The van der Waals surface area contributed by atoms with Gasteiger partial charge in [0.25, 0.3) is 0 Å². The van der Waals surface area contributed by atoms with Crippen LogP contribution in [-0.2, 0) is 22.9 Å². The van der Waals surface area contributed by atoms with E-state index >= 15 is 0 Å². The van der Waals surface area contributed by atoms with Crippen LogP contribution in [0.1, 0.15) is 16.7 Å². The topological polar surface area (TPSA) is 34.1 Å². The van der Waals surface area contributed by atoms with Gasteiger partial charge in [-0.05, 0) is 35.2 Å². The van der Waals surface area contributed by atoms with E-state index in [1.807, 2.05) is 36.4 Å². The van der Waals surface area contributed by atoms with E-state index in [-0.39, 0.29) is 5.75 Å². The van der Waals surface area contributed by atoms with Crippen molar-refractivity contribution in [1.29, 1.82) is 0 Å². The largest absolute Gasteiger partial charge is 0.232 e. The first kappa shape index (κ1) is 13.3. The molecule has 0 N–H and O–H groups in total. The van der Waals surface area contributed by atoms with Crippen molar-refractivity contribution >= 4 is 26.6 Å². The molecule has 0 saturated heterocycles. The third-order valence-electron chi connectivity index (χ3n) is 2.60. The van der Waals surface area contributed by atoms with Crippen molar-refractivity contribution < 1.29 is 8.42 Å². The summed E-state index contributed by atoms with van der Waals surface area (Å²) >= 11 is 3.44. The van der Waals surface area contributed by atoms with E-state index in [0.717, 1.165) is 22.0 Å². The molecule has 0 spiro atoms. The summed E-state index contributed by atoms with van der Waals surface area (Å²) in [5, 5.41) is 0. The van der Waals surface area contributed by atoms with Crippen molar-refractivity contribution in [3.63, 3.8) is 0 Å². The van der Waals surface area contributed by atoms with Crippen LogP contribution in [-0.4, -0.2) is 8.42 Å². The minimum atomic E-state index is -2.36. The Hall–Kier alpha value is -1.13. The van der Waals surface area contributed by atoms with Crippen LogP contribution >= 0.6 is 15.9 Å². The van der Waals surface area contributed by atoms with Gasteiger partial charge in [-0.25, -0.2) is 8.42 Å². The van der Waals surface area contributed by atoms with Crippen molar-refractivity contribution in [2.75, 3.05) is 0 Å². The molecule has 0 heterocycles. The highest BCUT2D eigenvalue weighted by molar-refractivity contribution is 9.10. The maximum Gasteiger partial charge on any atom is 0.144 e. The third-order valence-corrected chi connectivity index (χ3v) is 3.72. The molecule has 0 aromatic heterocycles. The summed E-state index contributed by atoms with van der Waals surface area (Å²) < 4.78 is 22.5. The van der Waals surface area contributed by atoms with Crippen LogP contribution in [0.15, 0.2) is 53.0 Å². The van der Waals surface area contributed by atoms with Gasteiger partial charge in [-0.3, -0.25) is 0 Å². The van der Waals surface area contributed by atoms with E-state index in [9.17, 15) is 8.42 Å². The van der Waals surface area contributed by atoms with Crippen molar-refractivity contribution in [2.24, 2.45) is 0 Å². The van der Waals surface area contributed by atoms with Gasteiger partial charge >= 0.3 is 0 Å². The number of hydrogen-bond acceptors (Lipinski definition) is 2. The van der Waals surface area contributed by atoms with E-state index in [1.54, 1.807) is 0 Å². The smallest absolute Gasteiger partial charge is 0.144 e. The molecule has 2 nitrogen and oxygen atoms in total. The Morgan fingerprint density at radius 3 is 2.17 bits per heavy atom. The fraction of sp³-hybridized carbons (Fsp3) is 0.143. The van der Waals surface area contributed by atoms with Gasteiger partial charge in [-0.1, -0.05) is 52.3 Å². The summed E-state index contributed by atoms with van der Waals surface area (Å²) in [6.45, 7) is 0. The second kappa shape index (κ2) is 6.16. The number of benzene rings is 2. The summed E-state index contributed by atoms with van der Waals surface area (Å²) in [6, 6.07) is 15.8. The van der Waals surface area contributed by atoms with Crippen molar-refractivity contribution in [1.82, 2.24) is 0 Å². The second-order valence-corrected chi connectivity index (χ2v) is 6.01. The molecule has 2 aromatic carbocycles. The third kappa shape index (κ3) is 3.96. The summed E-state index contributed by atoms with van der Waals surface area (Å²) in [5.74, 6) is 0.113. The maximum absolute atomic E-state index is 10.7. The van der Waals surface area contributed by atoms with Crippen LogP contribution in [0.4, 0.5) is 0 Å². The highest BCUT2D eigenvalue weighted by atomic mass is 79.9. The SMILES string of the molecule is O=[SH](=O)Cc1cccc(Cc2cccc(Br)c2)c1. The molecule has 0 aliphatic heterocycles. The van der Waals surface area contributed by atoms with Crippen LogP contribution in [0.3, 0.4) is 0 Å². The van der Waals surface area contributed by atoms with Crippen molar-refractivity contribution in [3.8, 4) is 0 Å². The summed E-state index contributed by atoms with van der Waals surface area (Å²) in [5.41, 5.74) is 3.18. The summed E-state index contributed by atoms with van der Waals surface area (Å²) in [4.78, 5) is 0. The molecule has 0 radical (unpaired) electrons. The number of halogens is 1. The Labute approximate surface area is 117 Å². The predicted molar refractivity (Wildman–Crippen MR) is 77.4 cm³/mol. The summed E-state index contributed by atoms with van der Waals surface area (Å²) in [7, 11) is -2.36. The zero-order chi connectivity index (χ0) is 13.0. The first-order valence-corrected chi connectivity index (χ1v) is 7.73. The molecule has 94 valence electrons. The van der Waals surface area contributed by atoms with Gasteiger partial charge in [0.2, 0.25) is 0 Å². The zero-order valence-corrected chi connectivity index (χ0v) is 12.2. The van der Waals surface area contributed by atoms with Gasteiger partial charge in [-0.15, -0.1) is 0 Å². The maximum atomic E-state index is 10.7. The van der Waals surface area contributed by atoms with Crippen molar-refractivity contribution in [3.05, 3.63) is 69.7 Å². The highest BCUT2D eigenvalue weighted by Crippen LogP contribution is 2.16. The molecule has 0 fully saturated rings. The molecule has 2 rings (SSSR count). The average molecular weight is 325 g/mol. The highest BCUT2D eigenvalue weighted by Gasteiger charge is 2.00. The zero-order valence-electron chi connectivity index (χ0n) is 9.67. The molecule has 0 bridgehead atoms. The molecule has 2 aromatic rings. The molecule has 0 atom stereocenters. The standard InChI is InChI=1S/C14H13BrO2S/c15-14-6-2-4-12(9-14)7-11-3-1-5-13(8-11)10-18(16)17/h1-6,8-9,18H,7,10H2. The number of thiol groups is 1. The van der Waals surface area contributed by atoms with Crippen LogP contribution in [0.25, 0.3) is 0 Å². The van der Waals surface area contributed by atoms with Crippen LogP contribution < -0.4 is 0 Å². The molecule has 0 unspecified atom stereocenters. The normalized spacial score (nSPS) is 10.8. The van der Waals surface area contributed by atoms with Crippen LogP contribution in [0, 0.1) is 0 Å². The van der Waals surface area contributed by atoms with Gasteiger partial charge in [0.15, 0.2) is 0 Å². The Balaban J connectivity index is 2.19. The first-order valence-electron chi connectivity index (χ1n) is 5.57. The molecule has 18 heavy (non-hydrogen) atoms. The number of hydrogen-bond donors (Lipinski definition) is 1. The Bertz CT molecular complexity index is 613. The van der Waals surface area contributed by atoms with E-state index in [1.165, 1.54) is 5.56 Å². The second-order valence-electron chi connectivity index (χ2n) is 4.12. The fourth-order valence-corrected chi connectivity index (χ4v) is 2.81. The van der Waals surface area contributed by atoms with E-state index in [2.05, 4.69) is 28.1 Å². The van der Waals surface area contributed by atoms with Gasteiger partial charge in [-0.2, -0.15) is 0 Å². The predicted octanol–water partition coefficient (Wildman–Crippen LogP) is 3.15. The van der Waals surface area contributed by atoms with Gasteiger partial charge in [0.1, 0.15) is 10.7 Å². The van der Waals surface area contributed by atoms with E-state index in [0.29, 0.717) is 0 Å². The quantitative estimate of drug-likeness (QED) is 0.876. The molecular formula is C14H13BrO2S. The Kier molecular flexibility index (Phi) is 4.55. The van der Waals surface area contributed by atoms with E-state index < -0.39 is 10.7 Å². The monoisotopic (exact) mass is 324 g/mol. The van der Waals surface area contributed by atoms with Gasteiger partial charge in [0, 0.05) is 4.47 Å². The average Bonchev–Trinajstić information content (AvgIpc) is 2.28. The van der Waals surface area contributed by atoms with Crippen LogP contribution in [0.2, 0.25) is 0 Å². The number of rotatable bonds is 4.